The average molecular weight is 173 g/mol. The molecule has 2 saturated carbocycles. The van der Waals surface area contributed by atoms with Crippen molar-refractivity contribution in [3.63, 3.8) is 0 Å². The highest BCUT2D eigenvalue weighted by molar-refractivity contribution is 7.91. The van der Waals surface area contributed by atoms with E-state index < -0.39 is 9.84 Å². The lowest BCUT2D eigenvalue weighted by Gasteiger charge is -2.08. The van der Waals surface area contributed by atoms with Crippen LogP contribution in [0.4, 0.5) is 0 Å². The second-order valence-corrected chi connectivity index (χ2v) is 6.62. The van der Waals surface area contributed by atoms with Gasteiger partial charge in [0.25, 0.3) is 9.84 Å². The second-order valence-electron chi connectivity index (χ2n) is 4.33. The molecule has 1 saturated heterocycles. The second kappa shape index (κ2) is 1.65. The van der Waals surface area contributed by atoms with E-state index in [-0.39, 0.29) is 0 Å². The Balaban J connectivity index is 1.74. The summed E-state index contributed by atoms with van der Waals surface area (Å²) in [5.74, 6) is 4.68. The van der Waals surface area contributed by atoms with Gasteiger partial charge in [-0.2, -0.15) is 4.21 Å². The summed E-state index contributed by atoms with van der Waals surface area (Å²) in [6.45, 7) is 0. The molecule has 0 amide bonds. The van der Waals surface area contributed by atoms with Gasteiger partial charge in [0.15, 0.2) is 0 Å². The summed E-state index contributed by atoms with van der Waals surface area (Å²) in [7, 11) is -2.35. The van der Waals surface area contributed by atoms with Gasteiger partial charge in [-0.1, -0.05) is 0 Å². The number of hydrogen-bond acceptors (Lipinski definition) is 1. The van der Waals surface area contributed by atoms with Gasteiger partial charge in [0.2, 0.25) is 0 Å². The number of fused-ring (bicyclic) bond motifs is 1. The minimum Gasteiger partial charge on any atom is -0.228 e. The number of hydrogen-bond donors (Lipinski definition) is 0. The Morgan fingerprint density at radius 1 is 1.36 bits per heavy atom. The largest absolute Gasteiger partial charge is 0.273 e. The molecule has 4 atom stereocenters. The minimum absolute atomic E-state index is 0.577. The highest BCUT2D eigenvalue weighted by Gasteiger charge is 2.67. The first-order valence-electron chi connectivity index (χ1n) is 4.39. The molecule has 11 heavy (non-hydrogen) atoms. The van der Waals surface area contributed by atoms with Gasteiger partial charge >= 0.3 is 0 Å². The third kappa shape index (κ3) is 0.866. The van der Waals surface area contributed by atoms with Crippen molar-refractivity contribution in [3.05, 3.63) is 0 Å². The van der Waals surface area contributed by atoms with E-state index in [0.29, 0.717) is 17.4 Å². The van der Waals surface area contributed by atoms with E-state index in [4.69, 9.17) is 0 Å². The van der Waals surface area contributed by atoms with Crippen molar-refractivity contribution >= 4 is 9.84 Å². The quantitative estimate of drug-likeness (QED) is 0.542. The van der Waals surface area contributed by atoms with Crippen LogP contribution in [0.15, 0.2) is 0 Å². The lowest BCUT2D eigenvalue weighted by molar-refractivity contribution is 0.424. The van der Waals surface area contributed by atoms with Gasteiger partial charge in [-0.15, -0.1) is 0 Å². The summed E-state index contributed by atoms with van der Waals surface area (Å²) in [4.78, 5) is 0. The lowest BCUT2D eigenvalue weighted by atomic mass is 9.96. The van der Waals surface area contributed by atoms with Crippen LogP contribution in [0, 0.1) is 23.7 Å². The molecule has 4 unspecified atom stereocenters. The smallest absolute Gasteiger partial charge is 0.228 e. The van der Waals surface area contributed by atoms with Crippen LogP contribution in [-0.2, 0) is 9.84 Å². The van der Waals surface area contributed by atoms with Crippen molar-refractivity contribution < 1.29 is 8.42 Å². The molecule has 1 aliphatic heterocycles. The van der Waals surface area contributed by atoms with E-state index in [1.165, 1.54) is 6.42 Å². The molecule has 3 heteroatoms. The minimum atomic E-state index is -2.35. The Kier molecular flexibility index (Phi) is 0.972. The van der Waals surface area contributed by atoms with Crippen LogP contribution < -0.4 is 0 Å². The molecule has 62 valence electrons. The zero-order chi connectivity index (χ0) is 7.64. The van der Waals surface area contributed by atoms with Crippen molar-refractivity contribution in [3.8, 4) is 0 Å². The monoisotopic (exact) mass is 173 g/mol. The maximum Gasteiger partial charge on any atom is 0.273 e. The molecule has 0 bridgehead atoms. The van der Waals surface area contributed by atoms with Gasteiger partial charge in [-0.25, -0.2) is 4.21 Å². The molecule has 2 nitrogen and oxygen atoms in total. The van der Waals surface area contributed by atoms with Crippen molar-refractivity contribution in [2.75, 3.05) is 11.5 Å². The lowest BCUT2D eigenvalue weighted by Crippen LogP contribution is -2.10. The Hall–Kier alpha value is -0.0500. The first kappa shape index (κ1) is 6.46. The Bertz CT molecular complexity index is 285. The van der Waals surface area contributed by atoms with Gasteiger partial charge in [0, 0.05) is 0 Å². The normalized spacial score (nSPS) is 65.8. The van der Waals surface area contributed by atoms with Crippen LogP contribution in [0.1, 0.15) is 12.8 Å². The third-order valence-corrected chi connectivity index (χ3v) is 5.39. The molecular formula is C8H13O2S+. The third-order valence-electron chi connectivity index (χ3n) is 3.57. The summed E-state index contributed by atoms with van der Waals surface area (Å²) in [5.41, 5.74) is 0. The summed E-state index contributed by atoms with van der Waals surface area (Å²) >= 11 is 0. The van der Waals surface area contributed by atoms with Crippen LogP contribution >= 0.6 is 0 Å². The van der Waals surface area contributed by atoms with E-state index in [2.05, 4.69) is 0 Å². The van der Waals surface area contributed by atoms with E-state index in [1.54, 1.807) is 0 Å². The summed E-state index contributed by atoms with van der Waals surface area (Å²) < 4.78 is 20.5. The molecule has 0 spiro atoms. The maximum atomic E-state index is 11.2. The fourth-order valence-corrected chi connectivity index (χ4v) is 4.56. The Labute approximate surface area is 66.9 Å². The molecule has 1 heterocycles. The van der Waals surface area contributed by atoms with Crippen LogP contribution in [0.25, 0.3) is 0 Å². The molecule has 0 aromatic carbocycles. The Morgan fingerprint density at radius 2 is 2.09 bits per heavy atom. The molecule has 2 aliphatic carbocycles. The van der Waals surface area contributed by atoms with Crippen LogP contribution in [-0.4, -0.2) is 19.9 Å². The summed E-state index contributed by atoms with van der Waals surface area (Å²) in [5, 5.41) is 0. The molecule has 3 rings (SSSR count). The SMILES string of the molecule is O=S1(=[OH+])CCC(C2C3CC32)C1. The molecular weight excluding hydrogens is 160 g/mol. The van der Waals surface area contributed by atoms with Crippen LogP contribution in [0.3, 0.4) is 0 Å². The highest BCUT2D eigenvalue weighted by atomic mass is 32.2. The van der Waals surface area contributed by atoms with E-state index in [9.17, 15) is 8.42 Å². The predicted molar refractivity (Wildman–Crippen MR) is 43.0 cm³/mol. The van der Waals surface area contributed by atoms with Crippen LogP contribution in [0.2, 0.25) is 0 Å². The van der Waals surface area contributed by atoms with Crippen molar-refractivity contribution in [2.24, 2.45) is 23.7 Å². The standard InChI is InChI=1S/C8H12O2S/c9-11(10)2-1-5(4-11)8-6-3-7(6)8/h5-8H,1-4H2/p+1. The molecule has 3 fully saturated rings. The zero-order valence-electron chi connectivity index (χ0n) is 6.40. The summed E-state index contributed by atoms with van der Waals surface area (Å²) in [6.07, 6.45) is 2.45. The van der Waals surface area contributed by atoms with E-state index in [0.717, 1.165) is 24.2 Å². The van der Waals surface area contributed by atoms with Gasteiger partial charge in [-0.3, -0.25) is 0 Å². The first-order chi connectivity index (χ1) is 5.17. The first-order valence-corrected chi connectivity index (χ1v) is 6.25. The van der Waals surface area contributed by atoms with Crippen LogP contribution in [0.5, 0.6) is 0 Å². The van der Waals surface area contributed by atoms with Gasteiger partial charge in [0.1, 0.15) is 0 Å². The fourth-order valence-electron chi connectivity index (χ4n) is 2.67. The van der Waals surface area contributed by atoms with Crippen molar-refractivity contribution in [1.82, 2.24) is 0 Å². The molecule has 3 aliphatic rings. The summed E-state index contributed by atoms with van der Waals surface area (Å²) in [6, 6.07) is 0. The topological polar surface area (TPSA) is 38.5 Å². The fraction of sp³-hybridized carbons (Fsp3) is 1.00. The average Bonchev–Trinajstić information content (AvgIpc) is 2.67. The highest BCUT2D eigenvalue weighted by Crippen LogP contribution is 2.71. The van der Waals surface area contributed by atoms with Gasteiger partial charge < -0.3 is 0 Å². The van der Waals surface area contributed by atoms with Gasteiger partial charge in [0.05, 0.1) is 11.5 Å². The maximum absolute atomic E-state index is 11.2. The molecule has 0 aromatic heterocycles. The molecule has 0 radical (unpaired) electrons. The van der Waals surface area contributed by atoms with Crippen molar-refractivity contribution in [2.45, 2.75) is 12.8 Å². The van der Waals surface area contributed by atoms with Crippen molar-refractivity contribution in [1.29, 1.82) is 0 Å². The molecule has 0 aromatic rings. The van der Waals surface area contributed by atoms with E-state index in [1.807, 2.05) is 0 Å². The predicted octanol–water partition coefficient (Wildman–Crippen LogP) is 0.844. The van der Waals surface area contributed by atoms with E-state index >= 15 is 0 Å². The van der Waals surface area contributed by atoms with Gasteiger partial charge in [-0.05, 0) is 36.5 Å². The Morgan fingerprint density at radius 3 is 2.45 bits per heavy atom. The molecule has 1 N–H and O–H groups in total. The number of rotatable bonds is 1. The zero-order valence-corrected chi connectivity index (χ0v) is 7.22.